The number of pyridine rings is 1. The largest absolute Gasteiger partial charge is 0.481 e. The molecule has 128 valence electrons. The standard InChI is InChI=1S/C19H20N4O2/c1-15(25-18-4-2-16(14-20)3-5-18)19(24)23-12-10-22(11-13-23)17-6-8-21-9-7-17/h2-9,15H,10-13H2,1H3/t15-/m0/s1. The zero-order chi connectivity index (χ0) is 17.6. The Labute approximate surface area is 147 Å². The van der Waals surface area contributed by atoms with E-state index in [1.807, 2.05) is 17.0 Å². The number of rotatable bonds is 4. The number of ether oxygens (including phenoxy) is 1. The zero-order valence-corrected chi connectivity index (χ0v) is 14.1. The second-order valence-corrected chi connectivity index (χ2v) is 5.91. The molecule has 1 saturated heterocycles. The summed E-state index contributed by atoms with van der Waals surface area (Å²) < 4.78 is 5.72. The van der Waals surface area contributed by atoms with Crippen LogP contribution in [0.5, 0.6) is 5.75 Å². The molecule has 0 unspecified atom stereocenters. The highest BCUT2D eigenvalue weighted by atomic mass is 16.5. The predicted molar refractivity (Wildman–Crippen MR) is 94.3 cm³/mol. The van der Waals surface area contributed by atoms with Crippen molar-refractivity contribution in [3.8, 4) is 11.8 Å². The van der Waals surface area contributed by atoms with Crippen molar-refractivity contribution in [2.24, 2.45) is 0 Å². The van der Waals surface area contributed by atoms with Gasteiger partial charge in [0.1, 0.15) is 5.75 Å². The summed E-state index contributed by atoms with van der Waals surface area (Å²) in [7, 11) is 0. The Balaban J connectivity index is 1.54. The van der Waals surface area contributed by atoms with Gasteiger partial charge in [0, 0.05) is 44.3 Å². The van der Waals surface area contributed by atoms with Crippen LogP contribution in [0.3, 0.4) is 0 Å². The summed E-state index contributed by atoms with van der Waals surface area (Å²) in [6, 6.07) is 12.8. The van der Waals surface area contributed by atoms with E-state index >= 15 is 0 Å². The Hall–Kier alpha value is -3.07. The van der Waals surface area contributed by atoms with Crippen LogP contribution in [0, 0.1) is 11.3 Å². The van der Waals surface area contributed by atoms with Crippen LogP contribution in [-0.4, -0.2) is 48.1 Å². The first-order valence-corrected chi connectivity index (χ1v) is 8.28. The lowest BCUT2D eigenvalue weighted by molar-refractivity contribution is -0.138. The third kappa shape index (κ3) is 4.07. The van der Waals surface area contributed by atoms with Gasteiger partial charge in [-0.1, -0.05) is 0 Å². The summed E-state index contributed by atoms with van der Waals surface area (Å²) in [5.41, 5.74) is 1.70. The first kappa shape index (κ1) is 16.8. The van der Waals surface area contributed by atoms with Crippen LogP contribution in [-0.2, 0) is 4.79 Å². The first-order valence-electron chi connectivity index (χ1n) is 8.28. The quantitative estimate of drug-likeness (QED) is 0.855. The summed E-state index contributed by atoms with van der Waals surface area (Å²) in [6.07, 6.45) is 3.00. The van der Waals surface area contributed by atoms with E-state index < -0.39 is 6.10 Å². The van der Waals surface area contributed by atoms with Crippen LogP contribution in [0.15, 0.2) is 48.8 Å². The monoisotopic (exact) mass is 336 g/mol. The van der Waals surface area contributed by atoms with Crippen LogP contribution in [0.4, 0.5) is 5.69 Å². The minimum atomic E-state index is -0.555. The Morgan fingerprint density at radius 1 is 1.12 bits per heavy atom. The molecule has 0 spiro atoms. The lowest BCUT2D eigenvalue weighted by Gasteiger charge is -2.37. The molecule has 1 amide bonds. The summed E-state index contributed by atoms with van der Waals surface area (Å²) in [6.45, 7) is 4.68. The number of hydrogen-bond donors (Lipinski definition) is 0. The number of amides is 1. The topological polar surface area (TPSA) is 69.5 Å². The van der Waals surface area contributed by atoms with Crippen molar-refractivity contribution < 1.29 is 9.53 Å². The summed E-state index contributed by atoms with van der Waals surface area (Å²) in [5.74, 6) is 0.578. The van der Waals surface area contributed by atoms with Gasteiger partial charge in [-0.05, 0) is 43.3 Å². The maximum Gasteiger partial charge on any atom is 0.263 e. The number of piperazine rings is 1. The van der Waals surface area contributed by atoms with Gasteiger partial charge < -0.3 is 14.5 Å². The molecule has 6 heteroatoms. The third-order valence-electron chi connectivity index (χ3n) is 4.26. The molecule has 3 rings (SSSR count). The lowest BCUT2D eigenvalue weighted by atomic mass is 10.2. The fourth-order valence-corrected chi connectivity index (χ4v) is 2.86. The van der Waals surface area contributed by atoms with Crippen LogP contribution >= 0.6 is 0 Å². The van der Waals surface area contributed by atoms with Gasteiger partial charge in [-0.15, -0.1) is 0 Å². The Bertz CT molecular complexity index is 747. The highest BCUT2D eigenvalue weighted by Crippen LogP contribution is 2.17. The van der Waals surface area contributed by atoms with Crippen molar-refractivity contribution in [3.63, 3.8) is 0 Å². The molecule has 2 heterocycles. The molecule has 1 aromatic heterocycles. The van der Waals surface area contributed by atoms with Gasteiger partial charge in [-0.3, -0.25) is 9.78 Å². The molecule has 25 heavy (non-hydrogen) atoms. The number of benzene rings is 1. The molecule has 1 aromatic carbocycles. The molecule has 0 N–H and O–H groups in total. The Kier molecular flexibility index (Phi) is 5.14. The van der Waals surface area contributed by atoms with E-state index in [1.54, 1.807) is 43.6 Å². The number of nitrogens with zero attached hydrogens (tertiary/aromatic N) is 4. The zero-order valence-electron chi connectivity index (χ0n) is 14.1. The number of nitriles is 1. The van der Waals surface area contributed by atoms with Crippen molar-refractivity contribution >= 4 is 11.6 Å². The summed E-state index contributed by atoms with van der Waals surface area (Å²) in [4.78, 5) is 20.7. The predicted octanol–water partition coefficient (Wildman–Crippen LogP) is 2.07. The number of carbonyl (C=O) groups is 1. The molecule has 6 nitrogen and oxygen atoms in total. The van der Waals surface area contributed by atoms with E-state index in [1.165, 1.54) is 0 Å². The fraction of sp³-hybridized carbons (Fsp3) is 0.316. The maximum atomic E-state index is 12.6. The molecule has 2 aromatic rings. The second-order valence-electron chi connectivity index (χ2n) is 5.91. The molecule has 1 aliphatic heterocycles. The van der Waals surface area contributed by atoms with E-state index in [4.69, 9.17) is 10.00 Å². The van der Waals surface area contributed by atoms with Gasteiger partial charge in [0.2, 0.25) is 0 Å². The van der Waals surface area contributed by atoms with E-state index in [0.717, 1.165) is 18.8 Å². The highest BCUT2D eigenvalue weighted by Gasteiger charge is 2.26. The third-order valence-corrected chi connectivity index (χ3v) is 4.26. The maximum absolute atomic E-state index is 12.6. The molecule has 0 bridgehead atoms. The van der Waals surface area contributed by atoms with Crippen molar-refractivity contribution in [2.75, 3.05) is 31.1 Å². The summed E-state index contributed by atoms with van der Waals surface area (Å²) >= 11 is 0. The normalized spacial score (nSPS) is 15.4. The van der Waals surface area contributed by atoms with Crippen LogP contribution in [0.25, 0.3) is 0 Å². The van der Waals surface area contributed by atoms with Crippen molar-refractivity contribution in [2.45, 2.75) is 13.0 Å². The van der Waals surface area contributed by atoms with Crippen LogP contribution in [0.1, 0.15) is 12.5 Å². The Morgan fingerprint density at radius 3 is 2.36 bits per heavy atom. The molecule has 0 aliphatic carbocycles. The molecule has 0 saturated carbocycles. The van der Waals surface area contributed by atoms with Gasteiger partial charge in [0.05, 0.1) is 11.6 Å². The van der Waals surface area contributed by atoms with E-state index in [2.05, 4.69) is 16.0 Å². The molecule has 1 atom stereocenters. The molecular formula is C19H20N4O2. The first-order chi connectivity index (χ1) is 12.2. The van der Waals surface area contributed by atoms with Crippen LogP contribution in [0.2, 0.25) is 0 Å². The average molecular weight is 336 g/mol. The second kappa shape index (κ2) is 7.67. The van der Waals surface area contributed by atoms with Gasteiger partial charge in [0.15, 0.2) is 6.10 Å². The van der Waals surface area contributed by atoms with Crippen LogP contribution < -0.4 is 9.64 Å². The molecule has 1 aliphatic rings. The van der Waals surface area contributed by atoms with Gasteiger partial charge in [-0.25, -0.2) is 0 Å². The molecule has 0 radical (unpaired) electrons. The summed E-state index contributed by atoms with van der Waals surface area (Å²) in [5, 5.41) is 8.81. The number of anilines is 1. The van der Waals surface area contributed by atoms with E-state index in [-0.39, 0.29) is 5.91 Å². The molecule has 1 fully saturated rings. The SMILES string of the molecule is C[C@H](Oc1ccc(C#N)cc1)C(=O)N1CCN(c2ccncc2)CC1. The average Bonchev–Trinajstić information content (AvgIpc) is 2.69. The van der Waals surface area contributed by atoms with Gasteiger partial charge in [-0.2, -0.15) is 5.26 Å². The van der Waals surface area contributed by atoms with Gasteiger partial charge >= 0.3 is 0 Å². The number of carbonyl (C=O) groups excluding carboxylic acids is 1. The van der Waals surface area contributed by atoms with Crippen molar-refractivity contribution in [1.29, 1.82) is 5.26 Å². The Morgan fingerprint density at radius 2 is 1.76 bits per heavy atom. The van der Waals surface area contributed by atoms with E-state index in [0.29, 0.717) is 24.4 Å². The minimum Gasteiger partial charge on any atom is -0.481 e. The molecular weight excluding hydrogens is 316 g/mol. The highest BCUT2D eigenvalue weighted by molar-refractivity contribution is 5.81. The smallest absolute Gasteiger partial charge is 0.263 e. The van der Waals surface area contributed by atoms with Crippen molar-refractivity contribution in [1.82, 2.24) is 9.88 Å². The fourth-order valence-electron chi connectivity index (χ4n) is 2.86. The number of aromatic nitrogens is 1. The minimum absolute atomic E-state index is 0.0151. The van der Waals surface area contributed by atoms with Crippen molar-refractivity contribution in [3.05, 3.63) is 54.4 Å². The number of hydrogen-bond acceptors (Lipinski definition) is 5. The van der Waals surface area contributed by atoms with Gasteiger partial charge in [0.25, 0.3) is 5.91 Å². The van der Waals surface area contributed by atoms with E-state index in [9.17, 15) is 4.79 Å². The lowest BCUT2D eigenvalue weighted by Crippen LogP contribution is -2.52.